The highest BCUT2D eigenvalue weighted by Crippen LogP contribution is 1.87. The van der Waals surface area contributed by atoms with Gasteiger partial charge in [0, 0.05) is 12.2 Å². The van der Waals surface area contributed by atoms with Crippen molar-refractivity contribution >= 4 is 17.9 Å². The van der Waals surface area contributed by atoms with Crippen LogP contribution in [0.4, 0.5) is 0 Å². The Bertz CT molecular complexity index is 224. The third kappa shape index (κ3) is 16.6. The average molecular weight is 204 g/mol. The summed E-state index contributed by atoms with van der Waals surface area (Å²) in [5.41, 5.74) is 0. The van der Waals surface area contributed by atoms with Crippen molar-refractivity contribution in [2.75, 3.05) is 0 Å². The van der Waals surface area contributed by atoms with Crippen LogP contribution in [0, 0.1) is 5.92 Å². The predicted octanol–water partition coefficient (Wildman–Crippen LogP) is 0.439. The first-order valence-electron chi connectivity index (χ1n) is 3.64. The summed E-state index contributed by atoms with van der Waals surface area (Å²) in [6.07, 6.45) is 1.12. The molecule has 3 N–H and O–H groups in total. The summed E-state index contributed by atoms with van der Waals surface area (Å²) >= 11 is 0. The van der Waals surface area contributed by atoms with Crippen molar-refractivity contribution in [3.63, 3.8) is 0 Å². The lowest BCUT2D eigenvalue weighted by molar-refractivity contribution is -0.140. The van der Waals surface area contributed by atoms with Gasteiger partial charge in [-0.15, -0.1) is 0 Å². The topological polar surface area (TPSA) is 112 Å². The second-order valence-corrected chi connectivity index (χ2v) is 2.50. The van der Waals surface area contributed by atoms with Crippen LogP contribution < -0.4 is 0 Å². The summed E-state index contributed by atoms with van der Waals surface area (Å²) in [5, 5.41) is 23.6. The molecule has 0 fully saturated rings. The lowest BCUT2D eigenvalue weighted by Gasteiger charge is -1.89. The Morgan fingerprint density at radius 3 is 1.21 bits per heavy atom. The Kier molecular flexibility index (Phi) is 8.15. The van der Waals surface area contributed by atoms with Gasteiger partial charge in [-0.2, -0.15) is 0 Å². The van der Waals surface area contributed by atoms with Crippen LogP contribution in [0.2, 0.25) is 0 Å². The fraction of sp³-hybridized carbons (Fsp3) is 0.375. The summed E-state index contributed by atoms with van der Waals surface area (Å²) in [4.78, 5) is 28.8. The van der Waals surface area contributed by atoms with Gasteiger partial charge in [-0.3, -0.25) is 4.79 Å². The highest BCUT2D eigenvalue weighted by molar-refractivity contribution is 5.89. The Balaban J connectivity index is 0. The van der Waals surface area contributed by atoms with Crippen LogP contribution in [0.3, 0.4) is 0 Å². The zero-order valence-electron chi connectivity index (χ0n) is 7.80. The van der Waals surface area contributed by atoms with Crippen molar-refractivity contribution in [3.05, 3.63) is 12.2 Å². The quantitative estimate of drug-likeness (QED) is 0.575. The summed E-state index contributed by atoms with van der Waals surface area (Å²) in [6.45, 7) is 3.28. The minimum absolute atomic E-state index is 0.231. The molecule has 0 unspecified atom stereocenters. The number of carboxylic acid groups (broad SMARTS) is 3. The standard InChI is InChI=1S/C4H4O4.C4H8O2/c5-3(6)1-2-4(7)8;1-3(2)4(5)6/h1-2H,(H,5,6)(H,7,8);3H,1-2H3,(H,5,6)/b2-1-;. The predicted molar refractivity (Wildman–Crippen MR) is 46.9 cm³/mol. The van der Waals surface area contributed by atoms with E-state index in [2.05, 4.69) is 0 Å². The van der Waals surface area contributed by atoms with Crippen molar-refractivity contribution in [1.82, 2.24) is 0 Å². The Labute approximate surface area is 80.5 Å². The number of carbonyl (C=O) groups is 3. The van der Waals surface area contributed by atoms with Crippen molar-refractivity contribution in [3.8, 4) is 0 Å². The molecule has 0 bridgehead atoms. The molecule has 0 spiro atoms. The second-order valence-electron chi connectivity index (χ2n) is 2.50. The van der Waals surface area contributed by atoms with Crippen LogP contribution >= 0.6 is 0 Å². The molecule has 0 aromatic carbocycles. The molecule has 0 rings (SSSR count). The van der Waals surface area contributed by atoms with Gasteiger partial charge in [0.25, 0.3) is 0 Å². The van der Waals surface area contributed by atoms with E-state index in [9.17, 15) is 14.4 Å². The Morgan fingerprint density at radius 1 is 0.929 bits per heavy atom. The van der Waals surface area contributed by atoms with E-state index < -0.39 is 17.9 Å². The van der Waals surface area contributed by atoms with Crippen LogP contribution in [0.1, 0.15) is 13.8 Å². The van der Waals surface area contributed by atoms with Gasteiger partial charge in [0.15, 0.2) is 0 Å². The van der Waals surface area contributed by atoms with Gasteiger partial charge in [-0.25, -0.2) is 9.59 Å². The molecule has 0 aromatic rings. The number of aliphatic carboxylic acids is 3. The molecule has 0 aromatic heterocycles. The number of hydrogen-bond acceptors (Lipinski definition) is 3. The smallest absolute Gasteiger partial charge is 0.328 e. The summed E-state index contributed by atoms with van der Waals surface area (Å²) in [6, 6.07) is 0. The molecule has 0 aliphatic heterocycles. The maximum Gasteiger partial charge on any atom is 0.328 e. The normalized spacial score (nSPS) is 9.36. The zero-order valence-corrected chi connectivity index (χ0v) is 7.80. The third-order valence-corrected chi connectivity index (χ3v) is 0.862. The van der Waals surface area contributed by atoms with E-state index in [1.54, 1.807) is 13.8 Å². The van der Waals surface area contributed by atoms with E-state index in [1.165, 1.54) is 0 Å². The van der Waals surface area contributed by atoms with Crippen LogP contribution in [0.5, 0.6) is 0 Å². The monoisotopic (exact) mass is 204 g/mol. The molecule has 80 valence electrons. The first-order chi connectivity index (χ1) is 6.27. The number of rotatable bonds is 3. The molecule has 0 radical (unpaired) electrons. The number of carboxylic acids is 3. The molecule has 14 heavy (non-hydrogen) atoms. The molecule has 0 atom stereocenters. The molecule has 6 heteroatoms. The highest BCUT2D eigenvalue weighted by atomic mass is 16.4. The van der Waals surface area contributed by atoms with Crippen LogP contribution in [-0.2, 0) is 14.4 Å². The van der Waals surface area contributed by atoms with E-state index in [1.807, 2.05) is 0 Å². The van der Waals surface area contributed by atoms with E-state index >= 15 is 0 Å². The third-order valence-electron chi connectivity index (χ3n) is 0.862. The largest absolute Gasteiger partial charge is 0.481 e. The van der Waals surface area contributed by atoms with Gasteiger partial charge in [-0.05, 0) is 0 Å². The summed E-state index contributed by atoms with van der Waals surface area (Å²) in [7, 11) is 0. The van der Waals surface area contributed by atoms with Gasteiger partial charge in [0.1, 0.15) is 0 Å². The molecule has 0 saturated heterocycles. The van der Waals surface area contributed by atoms with E-state index in [-0.39, 0.29) is 5.92 Å². The molecule has 0 saturated carbocycles. The van der Waals surface area contributed by atoms with Crippen molar-refractivity contribution in [1.29, 1.82) is 0 Å². The highest BCUT2D eigenvalue weighted by Gasteiger charge is 1.99. The van der Waals surface area contributed by atoms with Gasteiger partial charge >= 0.3 is 17.9 Å². The minimum atomic E-state index is -1.26. The van der Waals surface area contributed by atoms with Gasteiger partial charge in [-0.1, -0.05) is 13.8 Å². The Morgan fingerprint density at radius 2 is 1.14 bits per heavy atom. The SMILES string of the molecule is CC(C)C(=O)O.O=C(O)/C=C\C(=O)O. The maximum atomic E-state index is 9.70. The lowest BCUT2D eigenvalue weighted by atomic mass is 10.2. The summed E-state index contributed by atoms with van der Waals surface area (Å²) < 4.78 is 0. The van der Waals surface area contributed by atoms with Crippen LogP contribution in [0.25, 0.3) is 0 Å². The van der Waals surface area contributed by atoms with E-state index in [4.69, 9.17) is 15.3 Å². The lowest BCUT2D eigenvalue weighted by Crippen LogP contribution is -2.03. The molecule has 0 heterocycles. The average Bonchev–Trinajstić information content (AvgIpc) is 2.01. The van der Waals surface area contributed by atoms with Crippen LogP contribution in [-0.4, -0.2) is 33.2 Å². The first-order valence-corrected chi connectivity index (χ1v) is 3.64. The van der Waals surface area contributed by atoms with Crippen molar-refractivity contribution in [2.24, 2.45) is 5.92 Å². The Hall–Kier alpha value is -1.85. The molecule has 6 nitrogen and oxygen atoms in total. The molecular weight excluding hydrogens is 192 g/mol. The molecule has 0 aliphatic carbocycles. The van der Waals surface area contributed by atoms with E-state index in [0.717, 1.165) is 0 Å². The maximum absolute atomic E-state index is 9.70. The molecule has 0 aliphatic rings. The molecular formula is C8H12O6. The van der Waals surface area contributed by atoms with E-state index in [0.29, 0.717) is 12.2 Å². The number of hydrogen-bond donors (Lipinski definition) is 3. The van der Waals surface area contributed by atoms with Gasteiger partial charge in [0.2, 0.25) is 0 Å². The van der Waals surface area contributed by atoms with Gasteiger partial charge in [0.05, 0.1) is 5.92 Å². The van der Waals surface area contributed by atoms with Crippen molar-refractivity contribution in [2.45, 2.75) is 13.8 Å². The first kappa shape index (κ1) is 14.7. The fourth-order valence-electron chi connectivity index (χ4n) is 0.143. The zero-order chi connectivity index (χ0) is 11.7. The fourth-order valence-corrected chi connectivity index (χ4v) is 0.143. The second kappa shape index (κ2) is 7.78. The molecule has 0 amide bonds. The van der Waals surface area contributed by atoms with Gasteiger partial charge < -0.3 is 15.3 Å². The summed E-state index contributed by atoms with van der Waals surface area (Å²) in [5.74, 6) is -3.49. The van der Waals surface area contributed by atoms with Crippen molar-refractivity contribution < 1.29 is 29.7 Å². The van der Waals surface area contributed by atoms with Crippen LogP contribution in [0.15, 0.2) is 12.2 Å². The minimum Gasteiger partial charge on any atom is -0.481 e.